The molecule has 1 heterocycles. The minimum atomic E-state index is -0.932. The van der Waals surface area contributed by atoms with Crippen LogP contribution in [-0.2, 0) is 9.53 Å². The Hall–Kier alpha value is -1.08. The largest absolute Gasteiger partial charge is 0.381 e. The molecule has 0 aromatic carbocycles. The van der Waals surface area contributed by atoms with E-state index in [1.165, 1.54) is 0 Å². The number of carbonyl (C=O) groups excluding carboxylic acids is 1. The summed E-state index contributed by atoms with van der Waals surface area (Å²) >= 11 is 0. The molecule has 4 nitrogen and oxygen atoms in total. The van der Waals surface area contributed by atoms with Crippen molar-refractivity contribution >= 4 is 5.91 Å². The Balaban J connectivity index is 2.44. The molecule has 0 aromatic heterocycles. The maximum Gasteiger partial charge on any atom is 0.240 e. The Bertz CT molecular complexity index is 249. The number of amides is 1. The predicted molar refractivity (Wildman–Crippen MR) is 51.4 cm³/mol. The summed E-state index contributed by atoms with van der Waals surface area (Å²) in [6.07, 6.45) is 1.68. The van der Waals surface area contributed by atoms with Gasteiger partial charge in [0.2, 0.25) is 5.91 Å². The van der Waals surface area contributed by atoms with E-state index in [2.05, 4.69) is 5.32 Å². The van der Waals surface area contributed by atoms with Gasteiger partial charge in [-0.05, 0) is 26.7 Å². The first-order valence-electron chi connectivity index (χ1n) is 4.86. The quantitative estimate of drug-likeness (QED) is 0.711. The number of ether oxygens (including phenoxy) is 1. The zero-order chi connectivity index (χ0) is 10.6. The molecular formula is C10H16N2O2. The van der Waals surface area contributed by atoms with E-state index < -0.39 is 5.41 Å². The van der Waals surface area contributed by atoms with Crippen molar-refractivity contribution in [2.45, 2.75) is 32.7 Å². The number of carbonyl (C=O) groups is 1. The first kappa shape index (κ1) is 11.0. The summed E-state index contributed by atoms with van der Waals surface area (Å²) in [4.78, 5) is 11.6. The molecule has 1 amide bonds. The summed E-state index contributed by atoms with van der Waals surface area (Å²) in [6.45, 7) is 4.64. The molecule has 1 aliphatic heterocycles. The summed E-state index contributed by atoms with van der Waals surface area (Å²) in [6, 6.07) is 2.16. The van der Waals surface area contributed by atoms with Crippen LogP contribution in [-0.4, -0.2) is 25.2 Å². The summed E-state index contributed by atoms with van der Waals surface area (Å²) in [5, 5.41) is 11.6. The second-order valence-electron chi connectivity index (χ2n) is 4.10. The topological polar surface area (TPSA) is 62.1 Å². The monoisotopic (exact) mass is 196 g/mol. The molecule has 1 fully saturated rings. The molecule has 0 radical (unpaired) electrons. The highest BCUT2D eigenvalue weighted by Gasteiger charge is 2.29. The van der Waals surface area contributed by atoms with Crippen LogP contribution in [0.25, 0.3) is 0 Å². The minimum absolute atomic E-state index is 0.170. The van der Waals surface area contributed by atoms with Crippen LogP contribution in [0.3, 0.4) is 0 Å². The number of nitrogens with zero attached hydrogens (tertiary/aromatic N) is 1. The van der Waals surface area contributed by atoms with Crippen molar-refractivity contribution < 1.29 is 9.53 Å². The van der Waals surface area contributed by atoms with E-state index in [1.807, 2.05) is 6.07 Å². The average molecular weight is 196 g/mol. The van der Waals surface area contributed by atoms with Gasteiger partial charge in [-0.15, -0.1) is 0 Å². The van der Waals surface area contributed by atoms with Gasteiger partial charge in [-0.3, -0.25) is 4.79 Å². The Morgan fingerprint density at radius 2 is 2.07 bits per heavy atom. The molecule has 0 aliphatic carbocycles. The van der Waals surface area contributed by atoms with Gasteiger partial charge in [0, 0.05) is 19.3 Å². The second kappa shape index (κ2) is 4.43. The SMILES string of the molecule is CC(C)(C#N)C(=O)NC1CCOCC1. The van der Waals surface area contributed by atoms with Gasteiger partial charge in [-0.2, -0.15) is 5.26 Å². The van der Waals surface area contributed by atoms with Gasteiger partial charge in [0.25, 0.3) is 0 Å². The van der Waals surface area contributed by atoms with Crippen LogP contribution in [0.4, 0.5) is 0 Å². The Morgan fingerprint density at radius 3 is 2.57 bits per heavy atom. The average Bonchev–Trinajstić information content (AvgIpc) is 2.19. The van der Waals surface area contributed by atoms with Crippen LogP contribution in [0.15, 0.2) is 0 Å². The van der Waals surface area contributed by atoms with E-state index in [4.69, 9.17) is 10.00 Å². The number of nitrogens with one attached hydrogen (secondary N) is 1. The summed E-state index contributed by atoms with van der Waals surface area (Å²) in [5.74, 6) is -0.188. The fourth-order valence-corrected chi connectivity index (χ4v) is 1.26. The maximum absolute atomic E-state index is 11.6. The predicted octanol–water partition coefficient (Wildman–Crippen LogP) is 0.831. The van der Waals surface area contributed by atoms with Crippen molar-refractivity contribution in [3.63, 3.8) is 0 Å². The molecule has 14 heavy (non-hydrogen) atoms. The zero-order valence-corrected chi connectivity index (χ0v) is 8.67. The molecule has 1 N–H and O–H groups in total. The number of rotatable bonds is 2. The Kier molecular flexibility index (Phi) is 3.48. The molecule has 0 aromatic rings. The normalized spacial score (nSPS) is 18.6. The smallest absolute Gasteiger partial charge is 0.240 e. The Labute approximate surface area is 84.2 Å². The van der Waals surface area contributed by atoms with E-state index >= 15 is 0 Å². The van der Waals surface area contributed by atoms with Crippen molar-refractivity contribution in [1.82, 2.24) is 5.32 Å². The fourth-order valence-electron chi connectivity index (χ4n) is 1.26. The first-order chi connectivity index (χ1) is 6.56. The van der Waals surface area contributed by atoms with Gasteiger partial charge < -0.3 is 10.1 Å². The third kappa shape index (κ3) is 2.71. The minimum Gasteiger partial charge on any atom is -0.381 e. The summed E-state index contributed by atoms with van der Waals surface area (Å²) in [7, 11) is 0. The van der Waals surface area contributed by atoms with Crippen molar-refractivity contribution in [1.29, 1.82) is 5.26 Å². The molecule has 0 saturated carbocycles. The van der Waals surface area contributed by atoms with Crippen LogP contribution in [0.1, 0.15) is 26.7 Å². The summed E-state index contributed by atoms with van der Waals surface area (Å²) in [5.41, 5.74) is -0.932. The molecule has 0 spiro atoms. The second-order valence-corrected chi connectivity index (χ2v) is 4.10. The van der Waals surface area contributed by atoms with Gasteiger partial charge in [0.1, 0.15) is 5.41 Å². The lowest BCUT2D eigenvalue weighted by Crippen LogP contribution is -2.44. The van der Waals surface area contributed by atoms with Crippen LogP contribution < -0.4 is 5.32 Å². The van der Waals surface area contributed by atoms with Gasteiger partial charge in [-0.1, -0.05) is 0 Å². The van der Waals surface area contributed by atoms with E-state index in [1.54, 1.807) is 13.8 Å². The first-order valence-corrected chi connectivity index (χ1v) is 4.86. The van der Waals surface area contributed by atoms with E-state index in [-0.39, 0.29) is 11.9 Å². The molecule has 0 atom stereocenters. The number of hydrogen-bond donors (Lipinski definition) is 1. The lowest BCUT2D eigenvalue weighted by atomic mass is 9.94. The highest BCUT2D eigenvalue weighted by molar-refractivity contribution is 5.84. The van der Waals surface area contributed by atoms with Gasteiger partial charge >= 0.3 is 0 Å². The third-order valence-corrected chi connectivity index (χ3v) is 2.40. The molecule has 78 valence electrons. The lowest BCUT2D eigenvalue weighted by molar-refractivity contribution is -0.128. The molecule has 0 unspecified atom stereocenters. The van der Waals surface area contributed by atoms with E-state index in [0.29, 0.717) is 13.2 Å². The fraction of sp³-hybridized carbons (Fsp3) is 0.800. The highest BCUT2D eigenvalue weighted by atomic mass is 16.5. The molecule has 1 aliphatic rings. The number of nitriles is 1. The zero-order valence-electron chi connectivity index (χ0n) is 8.67. The Morgan fingerprint density at radius 1 is 1.50 bits per heavy atom. The van der Waals surface area contributed by atoms with Crippen LogP contribution in [0.2, 0.25) is 0 Å². The molecular weight excluding hydrogens is 180 g/mol. The lowest BCUT2D eigenvalue weighted by Gasteiger charge is -2.25. The third-order valence-electron chi connectivity index (χ3n) is 2.40. The van der Waals surface area contributed by atoms with Crippen LogP contribution in [0.5, 0.6) is 0 Å². The van der Waals surface area contributed by atoms with Crippen LogP contribution >= 0.6 is 0 Å². The molecule has 1 rings (SSSR count). The standard InChI is InChI=1S/C10H16N2O2/c1-10(2,7-11)9(13)12-8-3-5-14-6-4-8/h8H,3-6H2,1-2H3,(H,12,13). The van der Waals surface area contributed by atoms with E-state index in [9.17, 15) is 4.79 Å². The molecule has 4 heteroatoms. The van der Waals surface area contributed by atoms with Gasteiger partial charge in [0.15, 0.2) is 0 Å². The van der Waals surface area contributed by atoms with Gasteiger partial charge in [0.05, 0.1) is 6.07 Å². The van der Waals surface area contributed by atoms with Crippen molar-refractivity contribution in [3.05, 3.63) is 0 Å². The van der Waals surface area contributed by atoms with Gasteiger partial charge in [-0.25, -0.2) is 0 Å². The number of hydrogen-bond acceptors (Lipinski definition) is 3. The van der Waals surface area contributed by atoms with Crippen molar-refractivity contribution in [3.8, 4) is 6.07 Å². The molecule has 1 saturated heterocycles. The maximum atomic E-state index is 11.6. The van der Waals surface area contributed by atoms with Crippen molar-refractivity contribution in [2.24, 2.45) is 5.41 Å². The molecule has 0 bridgehead atoms. The summed E-state index contributed by atoms with van der Waals surface area (Å²) < 4.78 is 5.18. The van der Waals surface area contributed by atoms with Crippen LogP contribution in [0, 0.1) is 16.7 Å². The highest BCUT2D eigenvalue weighted by Crippen LogP contribution is 2.15. The van der Waals surface area contributed by atoms with E-state index in [0.717, 1.165) is 12.8 Å². The van der Waals surface area contributed by atoms with Crippen molar-refractivity contribution in [2.75, 3.05) is 13.2 Å².